The van der Waals surface area contributed by atoms with Gasteiger partial charge in [0.15, 0.2) is 0 Å². The minimum absolute atomic E-state index is 0.0470. The normalized spacial score (nSPS) is 11.7. The van der Waals surface area contributed by atoms with Gasteiger partial charge >= 0.3 is 0 Å². The van der Waals surface area contributed by atoms with E-state index in [1.165, 1.54) is 0 Å². The Balaban J connectivity index is 1.92. The van der Waals surface area contributed by atoms with Gasteiger partial charge in [-0.1, -0.05) is 45.0 Å². The van der Waals surface area contributed by atoms with E-state index in [-0.39, 0.29) is 17.9 Å². The Kier molecular flexibility index (Phi) is 4.14. The first kappa shape index (κ1) is 16.2. The van der Waals surface area contributed by atoms with Crippen LogP contribution in [-0.4, -0.2) is 15.5 Å². The van der Waals surface area contributed by atoms with Gasteiger partial charge in [-0.3, -0.25) is 4.79 Å². The lowest BCUT2D eigenvalue weighted by Gasteiger charge is -2.20. The Hall–Kier alpha value is -2.62. The zero-order valence-corrected chi connectivity index (χ0v) is 14.6. The van der Waals surface area contributed by atoms with Gasteiger partial charge in [0.25, 0.3) is 0 Å². The topological polar surface area (TPSA) is 46.9 Å². The number of amides is 1. The Morgan fingerprint density at radius 1 is 1.12 bits per heavy atom. The summed E-state index contributed by atoms with van der Waals surface area (Å²) in [6.07, 6.45) is 0. The van der Waals surface area contributed by atoms with Gasteiger partial charge in [0.05, 0.1) is 11.0 Å². The van der Waals surface area contributed by atoms with Gasteiger partial charge in [0.1, 0.15) is 12.4 Å². The molecule has 4 nitrogen and oxygen atoms in total. The number of hydrogen-bond donors (Lipinski definition) is 1. The number of carbonyl (C=O) groups is 1. The fraction of sp³-hybridized carbons (Fsp3) is 0.300. The fourth-order valence-electron chi connectivity index (χ4n) is 2.88. The van der Waals surface area contributed by atoms with Crippen LogP contribution in [0, 0.1) is 6.92 Å². The number of imidazole rings is 1. The number of aromatic nitrogens is 2. The van der Waals surface area contributed by atoms with Crippen molar-refractivity contribution < 1.29 is 4.79 Å². The third kappa shape index (κ3) is 3.32. The average molecular weight is 321 g/mol. The molecular weight excluding hydrogens is 298 g/mol. The molecule has 124 valence electrons. The zero-order valence-electron chi connectivity index (χ0n) is 14.6. The second-order valence-corrected chi connectivity index (χ2v) is 7.18. The van der Waals surface area contributed by atoms with Crippen LogP contribution in [0.25, 0.3) is 11.0 Å². The summed E-state index contributed by atoms with van der Waals surface area (Å²) < 4.78 is 2.01. The second-order valence-electron chi connectivity index (χ2n) is 7.18. The predicted molar refractivity (Wildman–Crippen MR) is 98.2 cm³/mol. The molecule has 0 atom stereocenters. The van der Waals surface area contributed by atoms with E-state index in [1.54, 1.807) is 0 Å². The molecule has 0 saturated carbocycles. The zero-order chi connectivity index (χ0) is 17.3. The van der Waals surface area contributed by atoms with Crippen molar-refractivity contribution in [1.82, 2.24) is 9.55 Å². The van der Waals surface area contributed by atoms with Gasteiger partial charge in [-0.15, -0.1) is 0 Å². The standard InChI is InChI=1S/C20H23N3O/c1-14-8-7-9-15(12-14)21-18(24)13-23-17-11-6-5-10-16(17)22-19(23)20(2,3)4/h5-12H,13H2,1-4H3,(H,21,24). The molecule has 3 rings (SSSR count). The van der Waals surface area contributed by atoms with Crippen molar-refractivity contribution in [3.63, 3.8) is 0 Å². The monoisotopic (exact) mass is 321 g/mol. The number of fused-ring (bicyclic) bond motifs is 1. The maximum absolute atomic E-state index is 12.6. The molecule has 0 unspecified atom stereocenters. The van der Waals surface area contributed by atoms with Crippen molar-refractivity contribution in [2.75, 3.05) is 5.32 Å². The molecule has 1 amide bonds. The number of benzene rings is 2. The van der Waals surface area contributed by atoms with E-state index in [9.17, 15) is 4.79 Å². The number of nitrogens with zero attached hydrogens (tertiary/aromatic N) is 2. The van der Waals surface area contributed by atoms with Crippen LogP contribution in [0.2, 0.25) is 0 Å². The van der Waals surface area contributed by atoms with Gasteiger partial charge in [-0.25, -0.2) is 4.98 Å². The molecule has 1 aromatic heterocycles. The Morgan fingerprint density at radius 3 is 2.58 bits per heavy atom. The maximum atomic E-state index is 12.6. The molecule has 0 spiro atoms. The molecule has 0 radical (unpaired) electrons. The van der Waals surface area contributed by atoms with E-state index in [0.29, 0.717) is 0 Å². The number of para-hydroxylation sites is 2. The van der Waals surface area contributed by atoms with Crippen LogP contribution in [0.3, 0.4) is 0 Å². The van der Waals surface area contributed by atoms with Crippen LogP contribution < -0.4 is 5.32 Å². The smallest absolute Gasteiger partial charge is 0.244 e. The largest absolute Gasteiger partial charge is 0.325 e. The maximum Gasteiger partial charge on any atom is 0.244 e. The summed E-state index contributed by atoms with van der Waals surface area (Å²) in [5.74, 6) is 0.873. The summed E-state index contributed by atoms with van der Waals surface area (Å²) in [6, 6.07) is 15.8. The Bertz CT molecular complexity index is 887. The van der Waals surface area contributed by atoms with E-state index in [2.05, 4.69) is 26.1 Å². The summed E-state index contributed by atoms with van der Waals surface area (Å²) in [4.78, 5) is 17.3. The van der Waals surface area contributed by atoms with Crippen molar-refractivity contribution in [2.45, 2.75) is 39.7 Å². The molecule has 0 aliphatic carbocycles. The lowest BCUT2D eigenvalue weighted by atomic mass is 9.95. The predicted octanol–water partition coefficient (Wildman–Crippen LogP) is 4.28. The lowest BCUT2D eigenvalue weighted by molar-refractivity contribution is -0.116. The van der Waals surface area contributed by atoms with Crippen LogP contribution in [0.4, 0.5) is 5.69 Å². The highest BCUT2D eigenvalue weighted by molar-refractivity contribution is 5.91. The number of carbonyl (C=O) groups excluding carboxylic acids is 1. The second kappa shape index (κ2) is 6.11. The van der Waals surface area contributed by atoms with Gasteiger partial charge < -0.3 is 9.88 Å². The molecule has 3 aromatic rings. The van der Waals surface area contributed by atoms with Crippen LogP contribution >= 0.6 is 0 Å². The van der Waals surface area contributed by atoms with Gasteiger partial charge in [-0.05, 0) is 36.8 Å². The van der Waals surface area contributed by atoms with Crippen molar-refractivity contribution >= 4 is 22.6 Å². The molecule has 24 heavy (non-hydrogen) atoms. The van der Waals surface area contributed by atoms with Crippen molar-refractivity contribution in [3.8, 4) is 0 Å². The molecule has 0 bridgehead atoms. The molecule has 4 heteroatoms. The van der Waals surface area contributed by atoms with Crippen LogP contribution in [0.15, 0.2) is 48.5 Å². The summed E-state index contributed by atoms with van der Waals surface area (Å²) in [7, 11) is 0. The first-order chi connectivity index (χ1) is 11.3. The summed E-state index contributed by atoms with van der Waals surface area (Å²) in [6.45, 7) is 8.60. The minimum atomic E-state index is -0.136. The van der Waals surface area contributed by atoms with Gasteiger partial charge in [0.2, 0.25) is 5.91 Å². The molecule has 2 aromatic carbocycles. The summed E-state index contributed by atoms with van der Waals surface area (Å²) >= 11 is 0. The van der Waals surface area contributed by atoms with E-state index < -0.39 is 0 Å². The molecular formula is C20H23N3O. The summed E-state index contributed by atoms with van der Waals surface area (Å²) in [5.41, 5.74) is 3.72. The molecule has 0 aliphatic rings. The SMILES string of the molecule is Cc1cccc(NC(=O)Cn2c(C(C)(C)C)nc3ccccc32)c1. The molecule has 0 aliphatic heterocycles. The van der Waals surface area contributed by atoms with Gasteiger partial charge in [0, 0.05) is 11.1 Å². The molecule has 0 fully saturated rings. The van der Waals surface area contributed by atoms with Crippen molar-refractivity contribution in [1.29, 1.82) is 0 Å². The Labute approximate surface area is 142 Å². The van der Waals surface area contributed by atoms with E-state index in [0.717, 1.165) is 28.1 Å². The summed E-state index contributed by atoms with van der Waals surface area (Å²) in [5, 5.41) is 2.98. The highest BCUT2D eigenvalue weighted by Gasteiger charge is 2.23. The van der Waals surface area contributed by atoms with Crippen LogP contribution in [0.5, 0.6) is 0 Å². The van der Waals surface area contributed by atoms with Gasteiger partial charge in [-0.2, -0.15) is 0 Å². The number of rotatable bonds is 3. The highest BCUT2D eigenvalue weighted by Crippen LogP contribution is 2.26. The van der Waals surface area contributed by atoms with Crippen LogP contribution in [-0.2, 0) is 16.8 Å². The first-order valence-corrected chi connectivity index (χ1v) is 8.17. The minimum Gasteiger partial charge on any atom is -0.325 e. The third-order valence-electron chi connectivity index (χ3n) is 3.93. The fourth-order valence-corrected chi connectivity index (χ4v) is 2.88. The highest BCUT2D eigenvalue weighted by atomic mass is 16.1. The number of aryl methyl sites for hydroxylation is 1. The van der Waals surface area contributed by atoms with Crippen molar-refractivity contribution in [3.05, 3.63) is 59.9 Å². The Morgan fingerprint density at radius 2 is 1.88 bits per heavy atom. The van der Waals surface area contributed by atoms with E-state index >= 15 is 0 Å². The van der Waals surface area contributed by atoms with Crippen molar-refractivity contribution in [2.24, 2.45) is 0 Å². The third-order valence-corrected chi connectivity index (χ3v) is 3.93. The lowest BCUT2D eigenvalue weighted by Crippen LogP contribution is -2.25. The average Bonchev–Trinajstić information content (AvgIpc) is 2.86. The number of nitrogens with one attached hydrogen (secondary N) is 1. The number of anilines is 1. The quantitative estimate of drug-likeness (QED) is 0.782. The van der Waals surface area contributed by atoms with Crippen LogP contribution in [0.1, 0.15) is 32.2 Å². The molecule has 1 N–H and O–H groups in total. The first-order valence-electron chi connectivity index (χ1n) is 8.17. The number of hydrogen-bond acceptors (Lipinski definition) is 2. The molecule has 1 heterocycles. The van der Waals surface area contributed by atoms with E-state index in [4.69, 9.17) is 4.98 Å². The molecule has 0 saturated heterocycles. The van der Waals surface area contributed by atoms with E-state index in [1.807, 2.05) is 60.0 Å².